The van der Waals surface area contributed by atoms with Crippen LogP contribution in [-0.2, 0) is 35.6 Å². The fraction of sp³-hybridized carbons (Fsp3) is 0.269. The molecule has 0 atom stereocenters. The smallest absolute Gasteiger partial charge is 0.322 e. The Kier molecular flexibility index (Phi) is 6.75. The van der Waals surface area contributed by atoms with E-state index in [0.29, 0.717) is 31.5 Å². The number of alkyl halides is 3. The molecule has 0 spiro atoms. The van der Waals surface area contributed by atoms with Gasteiger partial charge in [0.1, 0.15) is 0 Å². The molecule has 3 aromatic rings. The fourth-order valence-corrected chi connectivity index (χ4v) is 5.09. The van der Waals surface area contributed by atoms with E-state index >= 15 is 0 Å². The SMILES string of the molecule is Cc1ccc(Cc2cccc3c2CCN(S(C)(=O)=O)C3)cc1C(=O)Nc1ccc(C(F)(F)F)cc1. The van der Waals surface area contributed by atoms with Crippen molar-refractivity contribution in [2.75, 3.05) is 18.1 Å². The lowest BCUT2D eigenvalue weighted by Gasteiger charge is -2.28. The molecule has 184 valence electrons. The van der Waals surface area contributed by atoms with Crippen molar-refractivity contribution in [3.05, 3.63) is 99.6 Å². The zero-order valence-corrected chi connectivity index (χ0v) is 20.1. The highest BCUT2D eigenvalue weighted by Gasteiger charge is 2.30. The lowest BCUT2D eigenvalue weighted by molar-refractivity contribution is -0.137. The highest BCUT2D eigenvalue weighted by molar-refractivity contribution is 7.88. The third-order valence-electron chi connectivity index (χ3n) is 6.21. The normalized spacial score (nSPS) is 14.4. The van der Waals surface area contributed by atoms with Gasteiger partial charge in [0.15, 0.2) is 0 Å². The predicted molar refractivity (Wildman–Crippen MR) is 129 cm³/mol. The Bertz CT molecular complexity index is 1370. The third-order valence-corrected chi connectivity index (χ3v) is 7.46. The zero-order chi connectivity index (χ0) is 25.4. The molecule has 1 aliphatic heterocycles. The van der Waals surface area contributed by atoms with E-state index in [1.165, 1.54) is 22.7 Å². The maximum atomic E-state index is 12.9. The van der Waals surface area contributed by atoms with Crippen LogP contribution in [0.1, 0.15) is 43.7 Å². The highest BCUT2D eigenvalue weighted by atomic mass is 32.2. The van der Waals surface area contributed by atoms with E-state index in [1.54, 1.807) is 13.0 Å². The van der Waals surface area contributed by atoms with E-state index in [9.17, 15) is 26.4 Å². The van der Waals surface area contributed by atoms with Gasteiger partial charge in [-0.15, -0.1) is 0 Å². The van der Waals surface area contributed by atoms with E-state index in [4.69, 9.17) is 0 Å². The molecule has 0 bridgehead atoms. The summed E-state index contributed by atoms with van der Waals surface area (Å²) in [5.41, 5.74) is 4.78. The van der Waals surface area contributed by atoms with Crippen molar-refractivity contribution in [1.82, 2.24) is 4.31 Å². The van der Waals surface area contributed by atoms with Crippen molar-refractivity contribution in [2.45, 2.75) is 32.5 Å². The first-order valence-electron chi connectivity index (χ1n) is 11.0. The van der Waals surface area contributed by atoms with Crippen molar-refractivity contribution in [2.24, 2.45) is 0 Å². The number of sulfonamides is 1. The number of carbonyl (C=O) groups is 1. The molecule has 0 unspecified atom stereocenters. The second kappa shape index (κ2) is 9.47. The maximum absolute atomic E-state index is 12.9. The van der Waals surface area contributed by atoms with Crippen molar-refractivity contribution in [3.8, 4) is 0 Å². The lowest BCUT2D eigenvalue weighted by Crippen LogP contribution is -2.35. The first kappa shape index (κ1) is 24.9. The van der Waals surface area contributed by atoms with Crippen LogP contribution in [0.15, 0.2) is 60.7 Å². The van der Waals surface area contributed by atoms with Crippen LogP contribution >= 0.6 is 0 Å². The van der Waals surface area contributed by atoms with Crippen molar-refractivity contribution in [3.63, 3.8) is 0 Å². The van der Waals surface area contributed by atoms with E-state index < -0.39 is 27.7 Å². The van der Waals surface area contributed by atoms with Gasteiger partial charge in [-0.25, -0.2) is 8.42 Å². The molecule has 35 heavy (non-hydrogen) atoms. The molecule has 0 fully saturated rings. The van der Waals surface area contributed by atoms with Crippen LogP contribution in [0, 0.1) is 6.92 Å². The molecule has 0 aromatic heterocycles. The van der Waals surface area contributed by atoms with E-state index in [1.807, 2.05) is 30.3 Å². The van der Waals surface area contributed by atoms with Gasteiger partial charge in [0.2, 0.25) is 10.0 Å². The van der Waals surface area contributed by atoms with Gasteiger partial charge in [-0.3, -0.25) is 4.79 Å². The Morgan fingerprint density at radius 1 is 1.06 bits per heavy atom. The van der Waals surface area contributed by atoms with Crippen LogP contribution in [0.3, 0.4) is 0 Å². The average molecular weight is 503 g/mol. The summed E-state index contributed by atoms with van der Waals surface area (Å²) in [6.07, 6.45) is -2.03. The lowest BCUT2D eigenvalue weighted by atomic mass is 9.91. The molecule has 0 saturated heterocycles. The van der Waals surface area contributed by atoms with Crippen LogP contribution in [0.4, 0.5) is 18.9 Å². The molecule has 3 aromatic carbocycles. The Balaban J connectivity index is 1.53. The Labute approximate surface area is 202 Å². The Hall–Kier alpha value is -3.17. The first-order chi connectivity index (χ1) is 16.4. The van der Waals surface area contributed by atoms with Crippen molar-refractivity contribution >= 4 is 21.6 Å². The monoisotopic (exact) mass is 502 g/mol. The molecule has 9 heteroatoms. The number of halogens is 3. The molecule has 1 amide bonds. The molecular formula is C26H25F3N2O3S. The fourth-order valence-electron chi connectivity index (χ4n) is 4.30. The third kappa shape index (κ3) is 5.74. The number of nitrogens with zero attached hydrogens (tertiary/aromatic N) is 1. The topological polar surface area (TPSA) is 66.5 Å². The van der Waals surface area contributed by atoms with Gasteiger partial charge < -0.3 is 5.32 Å². The largest absolute Gasteiger partial charge is 0.416 e. The summed E-state index contributed by atoms with van der Waals surface area (Å²) in [7, 11) is -3.26. The van der Waals surface area contributed by atoms with Gasteiger partial charge in [0, 0.05) is 24.3 Å². The number of fused-ring (bicyclic) bond motifs is 1. The summed E-state index contributed by atoms with van der Waals surface area (Å²) >= 11 is 0. The van der Waals surface area contributed by atoms with Gasteiger partial charge in [0.25, 0.3) is 5.91 Å². The quantitative estimate of drug-likeness (QED) is 0.523. The van der Waals surface area contributed by atoms with Crippen molar-refractivity contribution in [1.29, 1.82) is 0 Å². The zero-order valence-electron chi connectivity index (χ0n) is 19.3. The standard InChI is InChI=1S/C26H25F3N2O3S/c1-17-6-7-18(14-19-4-3-5-20-16-31(35(2,33)34)13-12-23(19)20)15-24(17)25(32)30-22-10-8-21(9-11-22)26(27,28)29/h3-11,15H,12-14,16H2,1-2H3,(H,30,32). The van der Waals surface area contributed by atoms with Crippen LogP contribution in [0.5, 0.6) is 0 Å². The van der Waals surface area contributed by atoms with Gasteiger partial charge >= 0.3 is 6.18 Å². The number of nitrogens with one attached hydrogen (secondary N) is 1. The number of benzene rings is 3. The van der Waals surface area contributed by atoms with Crippen LogP contribution in [0.25, 0.3) is 0 Å². The summed E-state index contributed by atoms with van der Waals surface area (Å²) in [4.78, 5) is 12.9. The molecule has 0 radical (unpaired) electrons. The Morgan fingerprint density at radius 3 is 2.43 bits per heavy atom. The summed E-state index contributed by atoms with van der Waals surface area (Å²) in [6, 6.07) is 15.8. The van der Waals surface area contributed by atoms with Gasteiger partial charge in [-0.1, -0.05) is 30.3 Å². The summed E-state index contributed by atoms with van der Waals surface area (Å²) < 4.78 is 63.7. The van der Waals surface area contributed by atoms with E-state index in [-0.39, 0.29) is 5.69 Å². The van der Waals surface area contributed by atoms with Gasteiger partial charge in [-0.2, -0.15) is 17.5 Å². The number of anilines is 1. The summed E-state index contributed by atoms with van der Waals surface area (Å²) in [5.74, 6) is -0.400. The number of amides is 1. The molecule has 0 aliphatic carbocycles. The molecule has 4 rings (SSSR count). The molecular weight excluding hydrogens is 477 g/mol. The minimum Gasteiger partial charge on any atom is -0.322 e. The number of carbonyl (C=O) groups excluding carboxylic acids is 1. The van der Waals surface area contributed by atoms with Gasteiger partial charge in [-0.05, 0) is 77.9 Å². The second-order valence-electron chi connectivity index (χ2n) is 8.76. The molecule has 1 aliphatic rings. The maximum Gasteiger partial charge on any atom is 0.416 e. The van der Waals surface area contributed by atoms with Crippen LogP contribution < -0.4 is 5.32 Å². The number of aryl methyl sites for hydroxylation is 1. The number of hydrogen-bond acceptors (Lipinski definition) is 3. The van der Waals surface area contributed by atoms with E-state index in [0.717, 1.165) is 39.9 Å². The molecule has 1 heterocycles. The van der Waals surface area contributed by atoms with Gasteiger partial charge in [0.05, 0.1) is 11.8 Å². The molecule has 1 N–H and O–H groups in total. The average Bonchev–Trinajstić information content (AvgIpc) is 2.79. The molecule has 0 saturated carbocycles. The Morgan fingerprint density at radius 2 is 1.77 bits per heavy atom. The highest BCUT2D eigenvalue weighted by Crippen LogP contribution is 2.30. The molecule has 5 nitrogen and oxygen atoms in total. The predicted octanol–water partition coefficient (Wildman–Crippen LogP) is 5.17. The van der Waals surface area contributed by atoms with Crippen molar-refractivity contribution < 1.29 is 26.4 Å². The summed E-state index contributed by atoms with van der Waals surface area (Å²) in [6.45, 7) is 2.57. The first-order valence-corrected chi connectivity index (χ1v) is 12.9. The minimum atomic E-state index is -4.44. The summed E-state index contributed by atoms with van der Waals surface area (Å²) in [5, 5.41) is 2.67. The number of hydrogen-bond donors (Lipinski definition) is 1. The van der Waals surface area contributed by atoms with Crippen LogP contribution in [0.2, 0.25) is 0 Å². The minimum absolute atomic E-state index is 0.278. The van der Waals surface area contributed by atoms with Crippen LogP contribution in [-0.4, -0.2) is 31.4 Å². The van der Waals surface area contributed by atoms with E-state index in [2.05, 4.69) is 5.32 Å². The number of rotatable bonds is 5. The second-order valence-corrected chi connectivity index (χ2v) is 10.7.